The number of aromatic amines is 2. The van der Waals surface area contributed by atoms with Crippen LogP contribution in [-0.2, 0) is 0 Å². The zero-order valence-electron chi connectivity index (χ0n) is 16.2. The van der Waals surface area contributed by atoms with E-state index < -0.39 is 12.1 Å². The highest BCUT2D eigenvalue weighted by atomic mass is 19.4. The molecule has 0 unspecified atom stereocenters. The van der Waals surface area contributed by atoms with Crippen LogP contribution in [0.1, 0.15) is 18.5 Å². The Morgan fingerprint density at radius 2 is 2.06 bits per heavy atom. The standard InChI is InChI=1S/C20H15F3N6O3/c21-20(22,23)32-13-3-1-2-10(6-13)14-8-16(25-12-4-5-12)29-17(26-14)11(9-24-29)7-15-18(30)28-19(31)27-15/h1-3,6-9,12,30H,4-5H2,(H2,27,28,31)/b11-7+,25-16?. The fourth-order valence-electron chi connectivity index (χ4n) is 3.20. The molecule has 164 valence electrons. The molecule has 0 radical (unpaired) electrons. The second kappa shape index (κ2) is 7.25. The van der Waals surface area contributed by atoms with Gasteiger partial charge < -0.3 is 14.8 Å². The van der Waals surface area contributed by atoms with E-state index in [1.807, 2.05) is 0 Å². The first-order valence-corrected chi connectivity index (χ1v) is 9.57. The Bertz CT molecular complexity index is 1500. The molecule has 12 heteroatoms. The van der Waals surface area contributed by atoms with E-state index in [4.69, 9.17) is 0 Å². The third-order valence-corrected chi connectivity index (χ3v) is 4.74. The first-order chi connectivity index (χ1) is 15.2. The summed E-state index contributed by atoms with van der Waals surface area (Å²) >= 11 is 0. The van der Waals surface area contributed by atoms with Gasteiger partial charge in [-0.2, -0.15) is 9.61 Å². The monoisotopic (exact) mass is 444 g/mol. The van der Waals surface area contributed by atoms with Crippen LogP contribution in [0.15, 0.2) is 46.3 Å². The van der Waals surface area contributed by atoms with Crippen LogP contribution in [0, 0.1) is 0 Å². The maximum absolute atomic E-state index is 12.6. The molecule has 3 N–H and O–H groups in total. The van der Waals surface area contributed by atoms with Crippen LogP contribution in [0.4, 0.5) is 13.2 Å². The number of nitrogens with one attached hydrogen (secondary N) is 2. The Morgan fingerprint density at radius 1 is 1.25 bits per heavy atom. The summed E-state index contributed by atoms with van der Waals surface area (Å²) in [5.74, 6) is -0.710. The summed E-state index contributed by atoms with van der Waals surface area (Å²) in [5, 5.41) is 14.6. The molecule has 1 saturated carbocycles. The van der Waals surface area contributed by atoms with Crippen molar-refractivity contribution in [1.29, 1.82) is 0 Å². The Labute approximate surface area is 176 Å². The number of ether oxygens (including phenoxy) is 1. The van der Waals surface area contributed by atoms with Gasteiger partial charge in [0.25, 0.3) is 0 Å². The van der Waals surface area contributed by atoms with Crippen LogP contribution < -0.4 is 21.1 Å². The van der Waals surface area contributed by atoms with Crippen molar-refractivity contribution in [3.63, 3.8) is 0 Å². The third kappa shape index (κ3) is 4.06. The molecular formula is C20H15F3N6O3. The maximum atomic E-state index is 12.6. The minimum atomic E-state index is -4.81. The second-order valence-corrected chi connectivity index (χ2v) is 7.26. The van der Waals surface area contributed by atoms with Crippen molar-refractivity contribution in [3.05, 3.63) is 63.4 Å². The topological polar surface area (TPSA) is 121 Å². The van der Waals surface area contributed by atoms with Crippen LogP contribution in [-0.4, -0.2) is 42.1 Å². The van der Waals surface area contributed by atoms with Crippen molar-refractivity contribution in [3.8, 4) is 22.9 Å². The molecule has 0 bridgehead atoms. The molecule has 1 aliphatic carbocycles. The van der Waals surface area contributed by atoms with Gasteiger partial charge in [-0.3, -0.25) is 9.98 Å². The molecule has 3 aromatic heterocycles. The van der Waals surface area contributed by atoms with Crippen molar-refractivity contribution in [2.75, 3.05) is 0 Å². The number of nitrogens with zero attached hydrogens (tertiary/aromatic N) is 4. The van der Waals surface area contributed by atoms with Crippen LogP contribution >= 0.6 is 0 Å². The van der Waals surface area contributed by atoms with Gasteiger partial charge in [0.2, 0.25) is 5.88 Å². The second-order valence-electron chi connectivity index (χ2n) is 7.26. The number of H-pyrrole nitrogens is 2. The van der Waals surface area contributed by atoms with Crippen LogP contribution in [0.25, 0.3) is 23.0 Å². The normalized spacial score (nSPS) is 15.6. The van der Waals surface area contributed by atoms with E-state index in [0.29, 0.717) is 27.6 Å². The smallest absolute Gasteiger partial charge is 0.493 e. The fourth-order valence-corrected chi connectivity index (χ4v) is 3.20. The van der Waals surface area contributed by atoms with Crippen molar-refractivity contribution in [2.45, 2.75) is 25.2 Å². The van der Waals surface area contributed by atoms with E-state index in [0.717, 1.165) is 12.8 Å². The van der Waals surface area contributed by atoms with Gasteiger partial charge >= 0.3 is 12.1 Å². The zero-order chi connectivity index (χ0) is 22.5. The summed E-state index contributed by atoms with van der Waals surface area (Å²) < 4.78 is 43.4. The maximum Gasteiger partial charge on any atom is 0.573 e. The molecule has 1 fully saturated rings. The van der Waals surface area contributed by atoms with E-state index in [-0.39, 0.29) is 23.4 Å². The average Bonchev–Trinajstić information content (AvgIpc) is 3.35. The van der Waals surface area contributed by atoms with Crippen molar-refractivity contribution < 1.29 is 23.0 Å². The first kappa shape index (κ1) is 19.8. The summed E-state index contributed by atoms with van der Waals surface area (Å²) in [4.78, 5) is 25.3. The molecular weight excluding hydrogens is 429 g/mol. The molecule has 0 aliphatic heterocycles. The van der Waals surface area contributed by atoms with Gasteiger partial charge in [-0.1, -0.05) is 12.1 Å². The molecule has 0 amide bonds. The van der Waals surface area contributed by atoms with Crippen molar-refractivity contribution in [1.82, 2.24) is 24.6 Å². The van der Waals surface area contributed by atoms with Crippen molar-refractivity contribution >= 4 is 11.7 Å². The van der Waals surface area contributed by atoms with E-state index >= 15 is 0 Å². The number of imidazole rings is 1. The van der Waals surface area contributed by atoms with Crippen LogP contribution in [0.2, 0.25) is 0 Å². The lowest BCUT2D eigenvalue weighted by Gasteiger charge is -2.10. The van der Waals surface area contributed by atoms with Gasteiger partial charge in [0, 0.05) is 16.8 Å². The lowest BCUT2D eigenvalue weighted by Crippen LogP contribution is -2.19. The number of benzene rings is 1. The number of aromatic nitrogens is 5. The number of fused-ring (bicyclic) bond motifs is 1. The lowest BCUT2D eigenvalue weighted by molar-refractivity contribution is -0.274. The highest BCUT2D eigenvalue weighted by Crippen LogP contribution is 2.27. The highest BCUT2D eigenvalue weighted by Gasteiger charge is 2.31. The molecule has 4 aromatic rings. The number of hydrogen-bond donors (Lipinski definition) is 3. The van der Waals surface area contributed by atoms with E-state index in [1.54, 1.807) is 12.1 Å². The van der Waals surface area contributed by atoms with Gasteiger partial charge in [0.05, 0.1) is 17.9 Å². The predicted octanol–water partition coefficient (Wildman–Crippen LogP) is 1.63. The molecule has 0 spiro atoms. The zero-order valence-corrected chi connectivity index (χ0v) is 16.2. The number of halogens is 3. The van der Waals surface area contributed by atoms with E-state index in [1.165, 1.54) is 35.0 Å². The Kier molecular flexibility index (Phi) is 4.50. The molecule has 0 atom stereocenters. The minimum absolute atomic E-state index is 0.137. The molecule has 1 aliphatic rings. The lowest BCUT2D eigenvalue weighted by atomic mass is 10.1. The minimum Gasteiger partial charge on any atom is -0.493 e. The number of aromatic hydroxyl groups is 1. The number of hydrogen-bond acceptors (Lipinski definition) is 6. The quantitative estimate of drug-likeness (QED) is 0.442. The Balaban J connectivity index is 1.70. The summed E-state index contributed by atoms with van der Waals surface area (Å²) in [6.45, 7) is 0. The van der Waals surface area contributed by atoms with E-state index in [9.17, 15) is 23.1 Å². The molecule has 0 saturated heterocycles. The van der Waals surface area contributed by atoms with Gasteiger partial charge in [-0.25, -0.2) is 9.78 Å². The largest absolute Gasteiger partial charge is 0.573 e. The third-order valence-electron chi connectivity index (χ3n) is 4.74. The summed E-state index contributed by atoms with van der Waals surface area (Å²) in [7, 11) is 0. The molecule has 5 rings (SSSR count). The summed E-state index contributed by atoms with van der Waals surface area (Å²) in [6, 6.07) is 7.28. The first-order valence-electron chi connectivity index (χ1n) is 9.57. The average molecular weight is 444 g/mol. The highest BCUT2D eigenvalue weighted by molar-refractivity contribution is 5.64. The predicted molar refractivity (Wildman–Crippen MR) is 106 cm³/mol. The van der Waals surface area contributed by atoms with E-state index in [2.05, 4.69) is 29.8 Å². The van der Waals surface area contributed by atoms with Gasteiger partial charge in [0.15, 0.2) is 11.1 Å². The fraction of sp³-hybridized carbons (Fsp3) is 0.200. The molecule has 1 aromatic carbocycles. The Morgan fingerprint density at radius 3 is 2.75 bits per heavy atom. The van der Waals surface area contributed by atoms with Crippen molar-refractivity contribution in [2.24, 2.45) is 4.99 Å². The van der Waals surface area contributed by atoms with Crippen LogP contribution in [0.3, 0.4) is 0 Å². The number of alkyl halides is 3. The molecule has 32 heavy (non-hydrogen) atoms. The van der Waals surface area contributed by atoms with Crippen LogP contribution in [0.5, 0.6) is 11.6 Å². The molecule has 3 heterocycles. The van der Waals surface area contributed by atoms with Gasteiger partial charge in [0.1, 0.15) is 11.4 Å². The SMILES string of the molecule is O=c1[nH]c(O)c(/C=c2\cnn3c(=NC4CC4)cc(-c4cccc(OC(F)(F)F)c4)nc23)[nH]1. The molecule has 9 nitrogen and oxygen atoms in total. The number of rotatable bonds is 4. The summed E-state index contributed by atoms with van der Waals surface area (Å²) in [5.41, 5.74) is 1.16. The summed E-state index contributed by atoms with van der Waals surface area (Å²) in [6.07, 6.45) is 0.0352. The Hall–Kier alpha value is -4.09. The van der Waals surface area contributed by atoms with Gasteiger partial charge in [-0.05, 0) is 31.1 Å². The van der Waals surface area contributed by atoms with Gasteiger partial charge in [-0.15, -0.1) is 13.2 Å².